The van der Waals surface area contributed by atoms with Gasteiger partial charge in [-0.25, -0.2) is 0 Å². The maximum absolute atomic E-state index is 11.0. The fraction of sp³-hybridized carbons (Fsp3) is 0.500. The summed E-state index contributed by atoms with van der Waals surface area (Å²) >= 11 is 6.04. The molecule has 0 aromatic heterocycles. The summed E-state index contributed by atoms with van der Waals surface area (Å²) in [6.45, 7) is 2.24. The maximum atomic E-state index is 11.0. The molecule has 1 unspecified atom stereocenters. The van der Waals surface area contributed by atoms with Crippen LogP contribution in [0, 0.1) is 16.0 Å². The summed E-state index contributed by atoms with van der Waals surface area (Å²) < 4.78 is 0. The molecule has 1 N–H and O–H groups in total. The van der Waals surface area contributed by atoms with Gasteiger partial charge in [-0.15, -0.1) is 0 Å². The van der Waals surface area contributed by atoms with E-state index in [0.717, 1.165) is 19.5 Å². The Hall–Kier alpha value is -1.17. The van der Waals surface area contributed by atoms with Gasteiger partial charge in [0.2, 0.25) is 0 Å². The molecule has 1 atom stereocenters. The van der Waals surface area contributed by atoms with Gasteiger partial charge >= 0.3 is 0 Å². The van der Waals surface area contributed by atoms with Crippen LogP contribution < -0.4 is 0 Å². The number of aliphatic hydroxyl groups excluding tert-OH is 1. The van der Waals surface area contributed by atoms with E-state index in [1.165, 1.54) is 6.07 Å². The van der Waals surface area contributed by atoms with Crippen LogP contribution in [0.2, 0.25) is 5.02 Å². The van der Waals surface area contributed by atoms with E-state index in [2.05, 4.69) is 4.90 Å². The van der Waals surface area contributed by atoms with Gasteiger partial charge in [-0.2, -0.15) is 0 Å². The Balaban J connectivity index is 2.16. The van der Waals surface area contributed by atoms with E-state index in [4.69, 9.17) is 16.7 Å². The Bertz CT molecular complexity index is 453. The first-order chi connectivity index (χ1) is 8.61. The molecule has 0 amide bonds. The normalized spacial score (nSPS) is 20.2. The van der Waals surface area contributed by atoms with Crippen molar-refractivity contribution in [2.24, 2.45) is 5.92 Å². The molecule has 1 fully saturated rings. The lowest BCUT2D eigenvalue weighted by Crippen LogP contribution is -2.21. The molecule has 98 valence electrons. The van der Waals surface area contributed by atoms with Crippen LogP contribution in [0.4, 0.5) is 5.69 Å². The number of aliphatic hydroxyl groups is 1. The second kappa shape index (κ2) is 5.65. The minimum atomic E-state index is -0.402. The number of halogens is 1. The minimum absolute atomic E-state index is 0.0648. The number of hydrogen-bond donors (Lipinski definition) is 1. The fourth-order valence-corrected chi connectivity index (χ4v) is 2.53. The van der Waals surface area contributed by atoms with E-state index in [-0.39, 0.29) is 18.2 Å². The highest BCUT2D eigenvalue weighted by molar-refractivity contribution is 6.31. The number of nitrogens with zero attached hydrogens (tertiary/aromatic N) is 2. The summed E-state index contributed by atoms with van der Waals surface area (Å²) in [5.41, 5.74) is 0.623. The van der Waals surface area contributed by atoms with E-state index in [1.54, 1.807) is 12.1 Å². The first-order valence-electron chi connectivity index (χ1n) is 5.86. The number of nitro groups is 1. The lowest BCUT2D eigenvalue weighted by molar-refractivity contribution is -0.385. The average Bonchev–Trinajstić information content (AvgIpc) is 2.79. The molecule has 2 rings (SSSR count). The molecule has 1 aliphatic rings. The topological polar surface area (TPSA) is 66.6 Å². The summed E-state index contributed by atoms with van der Waals surface area (Å²) in [5, 5.41) is 20.5. The van der Waals surface area contributed by atoms with Crippen LogP contribution in [0.5, 0.6) is 0 Å². The van der Waals surface area contributed by atoms with Crippen molar-refractivity contribution in [3.8, 4) is 0 Å². The van der Waals surface area contributed by atoms with E-state index < -0.39 is 4.92 Å². The number of rotatable bonds is 4. The summed E-state index contributed by atoms with van der Waals surface area (Å²) in [6, 6.07) is 4.73. The van der Waals surface area contributed by atoms with Gasteiger partial charge in [-0.05, 0) is 24.9 Å². The van der Waals surface area contributed by atoms with Gasteiger partial charge < -0.3 is 5.11 Å². The second-order valence-electron chi connectivity index (χ2n) is 4.57. The van der Waals surface area contributed by atoms with Crippen LogP contribution in [0.1, 0.15) is 12.0 Å². The zero-order chi connectivity index (χ0) is 13.1. The Labute approximate surface area is 110 Å². The van der Waals surface area contributed by atoms with E-state index >= 15 is 0 Å². The molecule has 6 heteroatoms. The van der Waals surface area contributed by atoms with Crippen molar-refractivity contribution in [2.45, 2.75) is 13.0 Å². The lowest BCUT2D eigenvalue weighted by atomic mass is 10.1. The zero-order valence-electron chi connectivity index (χ0n) is 9.88. The third-order valence-corrected chi connectivity index (χ3v) is 3.65. The molecule has 1 aromatic carbocycles. The predicted molar refractivity (Wildman–Crippen MR) is 68.6 cm³/mol. The SMILES string of the molecule is O=[N+]([O-])c1cccc(Cl)c1CN1CCC(CO)C1. The van der Waals surface area contributed by atoms with Gasteiger partial charge in [-0.3, -0.25) is 15.0 Å². The molecule has 0 saturated carbocycles. The first-order valence-corrected chi connectivity index (χ1v) is 6.24. The molecule has 18 heavy (non-hydrogen) atoms. The maximum Gasteiger partial charge on any atom is 0.275 e. The van der Waals surface area contributed by atoms with Crippen LogP contribution in [-0.4, -0.2) is 34.6 Å². The Morgan fingerprint density at radius 2 is 2.33 bits per heavy atom. The predicted octanol–water partition coefficient (Wildman–Crippen LogP) is 2.06. The Kier molecular flexibility index (Phi) is 4.16. The van der Waals surface area contributed by atoms with E-state index in [0.29, 0.717) is 17.1 Å². The van der Waals surface area contributed by atoms with Gasteiger partial charge in [0.15, 0.2) is 0 Å². The number of benzene rings is 1. The molecular formula is C12H15ClN2O3. The number of hydrogen-bond acceptors (Lipinski definition) is 4. The van der Waals surface area contributed by atoms with Gasteiger partial charge in [0, 0.05) is 25.8 Å². The molecule has 1 aliphatic heterocycles. The van der Waals surface area contributed by atoms with Gasteiger partial charge in [0.05, 0.1) is 15.5 Å². The summed E-state index contributed by atoms with van der Waals surface area (Å²) in [7, 11) is 0. The van der Waals surface area contributed by atoms with E-state index in [9.17, 15) is 10.1 Å². The molecular weight excluding hydrogens is 256 g/mol. The molecule has 1 heterocycles. The molecule has 1 saturated heterocycles. The van der Waals surface area contributed by atoms with Gasteiger partial charge in [0.25, 0.3) is 5.69 Å². The Morgan fingerprint density at radius 1 is 1.56 bits per heavy atom. The molecule has 1 aromatic rings. The monoisotopic (exact) mass is 270 g/mol. The van der Waals surface area contributed by atoms with Gasteiger partial charge in [-0.1, -0.05) is 17.7 Å². The smallest absolute Gasteiger partial charge is 0.275 e. The highest BCUT2D eigenvalue weighted by atomic mass is 35.5. The van der Waals surface area contributed by atoms with Crippen LogP contribution in [0.15, 0.2) is 18.2 Å². The summed E-state index contributed by atoms with van der Waals surface area (Å²) in [6.07, 6.45) is 0.925. The standard InChI is InChI=1S/C12H15ClN2O3/c13-11-2-1-3-12(15(17)18)10(11)7-14-5-4-9(6-14)8-16/h1-3,9,16H,4-8H2. The third kappa shape index (κ3) is 2.80. The van der Waals surface area contributed by atoms with Crippen LogP contribution >= 0.6 is 11.6 Å². The third-order valence-electron chi connectivity index (χ3n) is 3.30. The summed E-state index contributed by atoms with van der Waals surface area (Å²) in [4.78, 5) is 12.6. The average molecular weight is 271 g/mol. The van der Waals surface area contributed by atoms with Crippen LogP contribution in [0.25, 0.3) is 0 Å². The van der Waals surface area contributed by atoms with Gasteiger partial charge in [0.1, 0.15) is 0 Å². The van der Waals surface area contributed by atoms with Crippen molar-refractivity contribution in [3.63, 3.8) is 0 Å². The largest absolute Gasteiger partial charge is 0.396 e. The van der Waals surface area contributed by atoms with Crippen LogP contribution in [0.3, 0.4) is 0 Å². The van der Waals surface area contributed by atoms with Crippen molar-refractivity contribution in [1.29, 1.82) is 0 Å². The Morgan fingerprint density at radius 3 is 2.94 bits per heavy atom. The molecule has 0 radical (unpaired) electrons. The summed E-state index contributed by atoms with van der Waals surface area (Å²) in [5.74, 6) is 0.270. The highest BCUT2D eigenvalue weighted by Gasteiger charge is 2.25. The minimum Gasteiger partial charge on any atom is -0.396 e. The highest BCUT2D eigenvalue weighted by Crippen LogP contribution is 2.29. The van der Waals surface area contributed by atoms with Crippen molar-refractivity contribution < 1.29 is 10.0 Å². The number of likely N-dealkylation sites (tertiary alicyclic amines) is 1. The molecule has 5 nitrogen and oxygen atoms in total. The van der Waals surface area contributed by atoms with Crippen molar-refractivity contribution >= 4 is 17.3 Å². The zero-order valence-corrected chi connectivity index (χ0v) is 10.6. The quantitative estimate of drug-likeness (QED) is 0.672. The lowest BCUT2D eigenvalue weighted by Gasteiger charge is -2.16. The fourth-order valence-electron chi connectivity index (χ4n) is 2.30. The van der Waals surface area contributed by atoms with Crippen molar-refractivity contribution in [1.82, 2.24) is 4.90 Å². The van der Waals surface area contributed by atoms with Crippen molar-refractivity contribution in [2.75, 3.05) is 19.7 Å². The van der Waals surface area contributed by atoms with Crippen LogP contribution in [-0.2, 0) is 6.54 Å². The van der Waals surface area contributed by atoms with E-state index in [1.807, 2.05) is 0 Å². The number of nitro benzene ring substituents is 1. The first kappa shape index (κ1) is 13.3. The van der Waals surface area contributed by atoms with Crippen molar-refractivity contribution in [3.05, 3.63) is 38.9 Å². The molecule has 0 bridgehead atoms. The second-order valence-corrected chi connectivity index (χ2v) is 4.97. The molecule has 0 aliphatic carbocycles. The molecule has 0 spiro atoms.